The number of benzene rings is 1. The number of amides is 1. The summed E-state index contributed by atoms with van der Waals surface area (Å²) in [6, 6.07) is 9.55. The van der Waals surface area contributed by atoms with Gasteiger partial charge in [-0.1, -0.05) is 17.8 Å². The standard InChI is InChI=1S/C16H15N3OS2/c1-10-9-21-16(18-10)22-11(2)15(20)19-14-7-3-6-13-12(14)5-4-8-17-13/h3-9,11H,1-2H3,(H,19,20). The lowest BCUT2D eigenvalue weighted by atomic mass is 10.2. The van der Waals surface area contributed by atoms with Crippen LogP contribution in [0, 0.1) is 6.92 Å². The Hall–Kier alpha value is -1.92. The van der Waals surface area contributed by atoms with Gasteiger partial charge in [-0.3, -0.25) is 9.78 Å². The molecule has 0 aliphatic carbocycles. The maximum absolute atomic E-state index is 12.4. The summed E-state index contributed by atoms with van der Waals surface area (Å²) in [7, 11) is 0. The van der Waals surface area contributed by atoms with Crippen molar-refractivity contribution in [1.82, 2.24) is 9.97 Å². The van der Waals surface area contributed by atoms with Crippen LogP contribution in [0.5, 0.6) is 0 Å². The zero-order valence-electron chi connectivity index (χ0n) is 12.2. The van der Waals surface area contributed by atoms with Crippen molar-refractivity contribution in [2.75, 3.05) is 5.32 Å². The Morgan fingerprint density at radius 1 is 1.32 bits per heavy atom. The smallest absolute Gasteiger partial charge is 0.237 e. The average Bonchev–Trinajstić information content (AvgIpc) is 2.92. The topological polar surface area (TPSA) is 54.9 Å². The van der Waals surface area contributed by atoms with E-state index in [9.17, 15) is 4.79 Å². The molecule has 2 heterocycles. The van der Waals surface area contributed by atoms with Crippen molar-refractivity contribution in [3.63, 3.8) is 0 Å². The third-order valence-corrected chi connectivity index (χ3v) is 5.34. The van der Waals surface area contributed by atoms with E-state index in [1.165, 1.54) is 11.8 Å². The third-order valence-electron chi connectivity index (χ3n) is 3.15. The molecule has 1 unspecified atom stereocenters. The van der Waals surface area contributed by atoms with Crippen LogP contribution in [0.15, 0.2) is 46.2 Å². The number of thioether (sulfide) groups is 1. The van der Waals surface area contributed by atoms with E-state index in [0.717, 1.165) is 26.6 Å². The van der Waals surface area contributed by atoms with E-state index in [1.807, 2.05) is 49.6 Å². The summed E-state index contributed by atoms with van der Waals surface area (Å²) in [6.45, 7) is 3.84. The molecule has 0 saturated heterocycles. The fourth-order valence-electron chi connectivity index (χ4n) is 2.04. The van der Waals surface area contributed by atoms with Crippen LogP contribution in [0.4, 0.5) is 5.69 Å². The summed E-state index contributed by atoms with van der Waals surface area (Å²) in [5, 5.41) is 5.71. The summed E-state index contributed by atoms with van der Waals surface area (Å²) in [5.74, 6) is -0.0331. The Morgan fingerprint density at radius 3 is 2.95 bits per heavy atom. The largest absolute Gasteiger partial charge is 0.324 e. The third kappa shape index (κ3) is 3.28. The first-order valence-corrected chi connectivity index (χ1v) is 8.63. The van der Waals surface area contributed by atoms with E-state index in [2.05, 4.69) is 15.3 Å². The summed E-state index contributed by atoms with van der Waals surface area (Å²) in [6.07, 6.45) is 1.75. The molecule has 1 atom stereocenters. The molecule has 1 amide bonds. The van der Waals surface area contributed by atoms with Crippen LogP contribution in [0.2, 0.25) is 0 Å². The van der Waals surface area contributed by atoms with Gasteiger partial charge in [-0.25, -0.2) is 4.98 Å². The fraction of sp³-hybridized carbons (Fsp3) is 0.188. The van der Waals surface area contributed by atoms with Crippen LogP contribution >= 0.6 is 23.1 Å². The lowest BCUT2D eigenvalue weighted by molar-refractivity contribution is -0.115. The lowest BCUT2D eigenvalue weighted by Gasteiger charge is -2.12. The van der Waals surface area contributed by atoms with E-state index in [0.29, 0.717) is 0 Å². The number of rotatable bonds is 4. The second-order valence-electron chi connectivity index (χ2n) is 4.88. The molecule has 0 radical (unpaired) electrons. The fourth-order valence-corrected chi connectivity index (χ4v) is 4.02. The van der Waals surface area contributed by atoms with Crippen molar-refractivity contribution in [3.05, 3.63) is 47.6 Å². The number of anilines is 1. The first-order chi connectivity index (χ1) is 10.6. The first kappa shape index (κ1) is 15.0. The number of aromatic nitrogens is 2. The highest BCUT2D eigenvalue weighted by atomic mass is 32.2. The average molecular weight is 329 g/mol. The highest BCUT2D eigenvalue weighted by Gasteiger charge is 2.17. The molecular weight excluding hydrogens is 314 g/mol. The van der Waals surface area contributed by atoms with Crippen molar-refractivity contribution in [2.45, 2.75) is 23.4 Å². The molecule has 0 aliphatic heterocycles. The molecular formula is C16H15N3OS2. The van der Waals surface area contributed by atoms with Gasteiger partial charge >= 0.3 is 0 Å². The molecule has 0 spiro atoms. The van der Waals surface area contributed by atoms with Crippen LogP contribution in [-0.4, -0.2) is 21.1 Å². The van der Waals surface area contributed by atoms with E-state index < -0.39 is 0 Å². The highest BCUT2D eigenvalue weighted by Crippen LogP contribution is 2.28. The number of aryl methyl sites for hydroxylation is 1. The number of nitrogens with zero attached hydrogens (tertiary/aromatic N) is 2. The van der Waals surface area contributed by atoms with Gasteiger partial charge in [-0.2, -0.15) is 0 Å². The Kier molecular flexibility index (Phi) is 4.40. The predicted octanol–water partition coefficient (Wildman–Crippen LogP) is 4.12. The molecule has 0 aliphatic rings. The minimum Gasteiger partial charge on any atom is -0.324 e. The number of thiazole rings is 1. The summed E-state index contributed by atoms with van der Waals surface area (Å²) >= 11 is 3.04. The monoisotopic (exact) mass is 329 g/mol. The summed E-state index contributed by atoms with van der Waals surface area (Å²) in [5.41, 5.74) is 2.65. The Bertz CT molecular complexity index is 811. The van der Waals surface area contributed by atoms with Gasteiger partial charge in [0, 0.05) is 22.7 Å². The van der Waals surface area contributed by atoms with Crippen LogP contribution in [0.3, 0.4) is 0 Å². The van der Waals surface area contributed by atoms with E-state index in [4.69, 9.17) is 0 Å². The Balaban J connectivity index is 1.75. The molecule has 3 rings (SSSR count). The van der Waals surface area contributed by atoms with Crippen LogP contribution in [-0.2, 0) is 4.79 Å². The van der Waals surface area contributed by atoms with Crippen molar-refractivity contribution in [2.24, 2.45) is 0 Å². The Morgan fingerprint density at radius 2 is 2.18 bits per heavy atom. The van der Waals surface area contributed by atoms with Crippen molar-refractivity contribution >= 4 is 45.6 Å². The van der Waals surface area contributed by atoms with Gasteiger partial charge in [-0.15, -0.1) is 11.3 Å². The maximum Gasteiger partial charge on any atom is 0.237 e. The highest BCUT2D eigenvalue weighted by molar-refractivity contribution is 8.02. The zero-order valence-corrected chi connectivity index (χ0v) is 13.9. The van der Waals surface area contributed by atoms with E-state index in [-0.39, 0.29) is 11.2 Å². The van der Waals surface area contributed by atoms with Crippen molar-refractivity contribution in [3.8, 4) is 0 Å². The quantitative estimate of drug-likeness (QED) is 0.732. The second kappa shape index (κ2) is 6.46. The molecule has 1 N–H and O–H groups in total. The van der Waals surface area contributed by atoms with Gasteiger partial charge < -0.3 is 5.32 Å². The normalized spacial score (nSPS) is 12.3. The molecule has 6 heteroatoms. The SMILES string of the molecule is Cc1csc(SC(C)C(=O)Nc2cccc3ncccc23)n1. The second-order valence-corrected chi connectivity index (χ2v) is 7.33. The predicted molar refractivity (Wildman–Crippen MR) is 92.5 cm³/mol. The number of carbonyl (C=O) groups excluding carboxylic acids is 1. The molecule has 0 bridgehead atoms. The number of hydrogen-bond donors (Lipinski definition) is 1. The minimum absolute atomic E-state index is 0.0331. The van der Waals surface area contributed by atoms with Gasteiger partial charge in [0.15, 0.2) is 4.34 Å². The first-order valence-electron chi connectivity index (χ1n) is 6.87. The van der Waals surface area contributed by atoms with Gasteiger partial charge in [0.05, 0.1) is 16.5 Å². The zero-order chi connectivity index (χ0) is 15.5. The number of fused-ring (bicyclic) bond motifs is 1. The van der Waals surface area contributed by atoms with Crippen molar-refractivity contribution < 1.29 is 4.79 Å². The van der Waals surface area contributed by atoms with Gasteiger partial charge in [0.2, 0.25) is 5.91 Å². The van der Waals surface area contributed by atoms with Gasteiger partial charge in [0.1, 0.15) is 0 Å². The van der Waals surface area contributed by atoms with Gasteiger partial charge in [-0.05, 0) is 38.1 Å². The Labute approximate surface area is 137 Å². The molecule has 1 aromatic carbocycles. The van der Waals surface area contributed by atoms with Crippen molar-refractivity contribution in [1.29, 1.82) is 0 Å². The number of hydrogen-bond acceptors (Lipinski definition) is 5. The minimum atomic E-state index is -0.211. The molecule has 0 fully saturated rings. The number of pyridine rings is 1. The molecule has 3 aromatic rings. The van der Waals surface area contributed by atoms with Gasteiger partial charge in [0.25, 0.3) is 0 Å². The summed E-state index contributed by atoms with van der Waals surface area (Å²) in [4.78, 5) is 21.1. The molecule has 4 nitrogen and oxygen atoms in total. The molecule has 22 heavy (non-hydrogen) atoms. The summed E-state index contributed by atoms with van der Waals surface area (Å²) < 4.78 is 0.916. The van der Waals surface area contributed by atoms with E-state index in [1.54, 1.807) is 17.5 Å². The number of nitrogens with one attached hydrogen (secondary N) is 1. The van der Waals surface area contributed by atoms with Crippen LogP contribution in [0.1, 0.15) is 12.6 Å². The van der Waals surface area contributed by atoms with Crippen LogP contribution < -0.4 is 5.32 Å². The van der Waals surface area contributed by atoms with Crippen LogP contribution in [0.25, 0.3) is 10.9 Å². The van der Waals surface area contributed by atoms with E-state index >= 15 is 0 Å². The molecule has 112 valence electrons. The lowest BCUT2D eigenvalue weighted by Crippen LogP contribution is -2.22. The molecule has 2 aromatic heterocycles. The molecule has 0 saturated carbocycles. The maximum atomic E-state index is 12.4. The number of carbonyl (C=O) groups is 1.